The smallest absolute Gasteiger partial charge is 0.349 e. The lowest BCUT2D eigenvalue weighted by molar-refractivity contribution is -0.149. The molecule has 2 aliphatic heterocycles. The molecule has 1 N–H and O–H groups in total. The topological polar surface area (TPSA) is 82.8 Å². The number of ether oxygens (including phenoxy) is 3. The van der Waals surface area contributed by atoms with Crippen LogP contribution in [0.3, 0.4) is 0 Å². The minimum Gasteiger partial charge on any atom is -0.387 e. The molecular formula is C12H15ClN2O5. The van der Waals surface area contributed by atoms with Gasteiger partial charge in [-0.2, -0.15) is 4.98 Å². The number of halogens is 1. The maximum absolute atomic E-state index is 11.9. The van der Waals surface area contributed by atoms with Gasteiger partial charge in [0.05, 0.1) is 24.4 Å². The molecule has 3 heterocycles. The van der Waals surface area contributed by atoms with Crippen molar-refractivity contribution in [2.75, 3.05) is 20.3 Å². The van der Waals surface area contributed by atoms with Crippen LogP contribution in [0.2, 0.25) is 5.02 Å². The van der Waals surface area contributed by atoms with Crippen LogP contribution < -0.4 is 5.69 Å². The monoisotopic (exact) mass is 302 g/mol. The van der Waals surface area contributed by atoms with E-state index in [0.717, 1.165) is 0 Å². The molecule has 2 fully saturated rings. The third-order valence-corrected chi connectivity index (χ3v) is 3.96. The summed E-state index contributed by atoms with van der Waals surface area (Å²) in [5.74, 6) is 0. The van der Waals surface area contributed by atoms with Gasteiger partial charge in [-0.1, -0.05) is 11.6 Å². The van der Waals surface area contributed by atoms with E-state index < -0.39 is 29.7 Å². The Kier molecular flexibility index (Phi) is 3.55. The summed E-state index contributed by atoms with van der Waals surface area (Å²) < 4.78 is 17.9. The number of aromatic nitrogens is 2. The fourth-order valence-electron chi connectivity index (χ4n) is 2.82. The average molecular weight is 303 g/mol. The second-order valence-corrected chi connectivity index (χ2v) is 5.43. The second kappa shape index (κ2) is 5.09. The van der Waals surface area contributed by atoms with Crippen LogP contribution >= 0.6 is 11.6 Å². The molecular weight excluding hydrogens is 288 g/mol. The molecule has 3 rings (SSSR count). The summed E-state index contributed by atoms with van der Waals surface area (Å²) in [4.78, 5) is 15.5. The first-order chi connectivity index (χ1) is 9.57. The number of methoxy groups -OCH3 is 1. The van der Waals surface area contributed by atoms with Crippen LogP contribution in [-0.2, 0) is 14.2 Å². The number of aliphatic hydroxyl groups is 1. The fraction of sp³-hybridized carbons (Fsp3) is 0.667. The molecule has 7 nitrogen and oxygen atoms in total. The molecule has 1 aromatic rings. The Bertz CT molecular complexity index is 561. The summed E-state index contributed by atoms with van der Waals surface area (Å²) in [6.07, 6.45) is 0.922. The van der Waals surface area contributed by atoms with E-state index in [9.17, 15) is 9.90 Å². The highest BCUT2D eigenvalue weighted by Gasteiger charge is 2.58. The average Bonchev–Trinajstić information content (AvgIpc) is 2.59. The van der Waals surface area contributed by atoms with Crippen molar-refractivity contribution < 1.29 is 19.3 Å². The van der Waals surface area contributed by atoms with E-state index in [1.807, 2.05) is 0 Å². The first-order valence-corrected chi connectivity index (χ1v) is 6.65. The predicted molar refractivity (Wildman–Crippen MR) is 68.6 cm³/mol. The van der Waals surface area contributed by atoms with E-state index >= 15 is 0 Å². The molecule has 2 saturated heterocycles. The highest BCUT2D eigenvalue weighted by Crippen LogP contribution is 2.44. The van der Waals surface area contributed by atoms with E-state index in [2.05, 4.69) is 4.98 Å². The van der Waals surface area contributed by atoms with Gasteiger partial charge in [0.2, 0.25) is 0 Å². The van der Waals surface area contributed by atoms with Crippen LogP contribution in [0.25, 0.3) is 0 Å². The molecule has 110 valence electrons. The van der Waals surface area contributed by atoms with Crippen molar-refractivity contribution in [3.8, 4) is 0 Å². The van der Waals surface area contributed by atoms with Crippen molar-refractivity contribution in [1.29, 1.82) is 0 Å². The first kappa shape index (κ1) is 14.0. The van der Waals surface area contributed by atoms with Crippen molar-refractivity contribution >= 4 is 11.6 Å². The van der Waals surface area contributed by atoms with Crippen LogP contribution in [0.1, 0.15) is 12.6 Å². The lowest BCUT2D eigenvalue weighted by atomic mass is 9.90. The predicted octanol–water partition coefficient (Wildman–Crippen LogP) is -0.0395. The standard InChI is InChI=1S/C12H15ClN2O5/c1-18-6-12-2-3-19-8(9(12)16)10(20-12)15-5-7(13)4-14-11(15)17/h4-5,8-10,16H,2-3,6H2,1H3/t8?,9?,10-,12-/m1/s1. The summed E-state index contributed by atoms with van der Waals surface area (Å²) in [6, 6.07) is 0. The van der Waals surface area contributed by atoms with Gasteiger partial charge in [-0.05, 0) is 0 Å². The molecule has 0 spiro atoms. The maximum Gasteiger partial charge on any atom is 0.349 e. The van der Waals surface area contributed by atoms with E-state index in [0.29, 0.717) is 18.1 Å². The molecule has 2 bridgehead atoms. The summed E-state index contributed by atoms with van der Waals surface area (Å²) in [5.41, 5.74) is -1.36. The van der Waals surface area contributed by atoms with Crippen LogP contribution in [0, 0.1) is 0 Å². The normalized spacial score (nSPS) is 36.2. The third kappa shape index (κ3) is 2.06. The van der Waals surface area contributed by atoms with Crippen LogP contribution in [0.4, 0.5) is 0 Å². The molecule has 20 heavy (non-hydrogen) atoms. The maximum atomic E-state index is 11.9. The molecule has 0 aliphatic carbocycles. The SMILES string of the molecule is COC[C@]12CCOC(C1O)[C@H](n1cc(Cl)cnc1=O)O2. The molecule has 0 aromatic carbocycles. The quantitative estimate of drug-likeness (QED) is 0.843. The summed E-state index contributed by atoms with van der Waals surface area (Å²) in [6.45, 7) is 0.664. The number of nitrogens with zero attached hydrogens (tertiary/aromatic N) is 2. The van der Waals surface area contributed by atoms with E-state index in [1.54, 1.807) is 0 Å². The Morgan fingerprint density at radius 3 is 3.25 bits per heavy atom. The Morgan fingerprint density at radius 1 is 1.70 bits per heavy atom. The van der Waals surface area contributed by atoms with E-state index in [-0.39, 0.29) is 6.61 Å². The minimum absolute atomic E-state index is 0.229. The second-order valence-electron chi connectivity index (χ2n) is 5.00. The fourth-order valence-corrected chi connectivity index (χ4v) is 2.97. The Labute approximate surface area is 120 Å². The highest BCUT2D eigenvalue weighted by molar-refractivity contribution is 6.30. The molecule has 2 aliphatic rings. The van der Waals surface area contributed by atoms with Crippen molar-refractivity contribution in [1.82, 2.24) is 9.55 Å². The molecule has 0 saturated carbocycles. The lowest BCUT2D eigenvalue weighted by Crippen LogP contribution is -2.51. The molecule has 0 amide bonds. The van der Waals surface area contributed by atoms with Gasteiger partial charge in [0.15, 0.2) is 6.23 Å². The molecule has 1 aromatic heterocycles. The summed E-state index contributed by atoms with van der Waals surface area (Å²) in [7, 11) is 1.54. The van der Waals surface area contributed by atoms with E-state index in [1.165, 1.54) is 24.1 Å². The minimum atomic E-state index is -0.868. The first-order valence-electron chi connectivity index (χ1n) is 6.27. The zero-order chi connectivity index (χ0) is 14.3. The zero-order valence-electron chi connectivity index (χ0n) is 10.9. The lowest BCUT2D eigenvalue weighted by Gasteiger charge is -2.34. The summed E-state index contributed by atoms with van der Waals surface area (Å²) >= 11 is 5.86. The van der Waals surface area contributed by atoms with Crippen molar-refractivity contribution in [2.24, 2.45) is 0 Å². The van der Waals surface area contributed by atoms with Crippen molar-refractivity contribution in [3.63, 3.8) is 0 Å². The number of aliphatic hydroxyl groups excluding tert-OH is 1. The highest BCUT2D eigenvalue weighted by atomic mass is 35.5. The Balaban J connectivity index is 1.99. The van der Waals surface area contributed by atoms with Crippen molar-refractivity contribution in [3.05, 3.63) is 27.9 Å². The van der Waals surface area contributed by atoms with Crippen LogP contribution in [0.5, 0.6) is 0 Å². The molecule has 2 unspecified atom stereocenters. The number of hydrogen-bond donors (Lipinski definition) is 1. The van der Waals surface area contributed by atoms with Gasteiger partial charge in [0, 0.05) is 19.7 Å². The largest absolute Gasteiger partial charge is 0.387 e. The number of fused-ring (bicyclic) bond motifs is 2. The molecule has 4 atom stereocenters. The van der Waals surface area contributed by atoms with Gasteiger partial charge in [-0.3, -0.25) is 4.57 Å². The Morgan fingerprint density at radius 2 is 2.50 bits per heavy atom. The van der Waals surface area contributed by atoms with Gasteiger partial charge < -0.3 is 19.3 Å². The molecule has 8 heteroatoms. The third-order valence-electron chi connectivity index (χ3n) is 3.77. The summed E-state index contributed by atoms with van der Waals surface area (Å²) in [5, 5.41) is 10.7. The molecule has 0 radical (unpaired) electrons. The van der Waals surface area contributed by atoms with Gasteiger partial charge in [-0.25, -0.2) is 4.79 Å². The van der Waals surface area contributed by atoms with Crippen molar-refractivity contribution in [2.45, 2.75) is 30.5 Å². The van der Waals surface area contributed by atoms with Crippen LogP contribution in [0.15, 0.2) is 17.2 Å². The number of hydrogen-bond acceptors (Lipinski definition) is 6. The Hall–Kier alpha value is -0.990. The zero-order valence-corrected chi connectivity index (χ0v) is 11.6. The van der Waals surface area contributed by atoms with Gasteiger partial charge in [0.1, 0.15) is 17.8 Å². The van der Waals surface area contributed by atoms with Gasteiger partial charge in [0.25, 0.3) is 0 Å². The van der Waals surface area contributed by atoms with Gasteiger partial charge >= 0.3 is 5.69 Å². The number of rotatable bonds is 3. The van der Waals surface area contributed by atoms with E-state index in [4.69, 9.17) is 25.8 Å². The van der Waals surface area contributed by atoms with Gasteiger partial charge in [-0.15, -0.1) is 0 Å². The van der Waals surface area contributed by atoms with Crippen LogP contribution in [-0.4, -0.2) is 52.8 Å².